The zero-order chi connectivity index (χ0) is 53.1. The summed E-state index contributed by atoms with van der Waals surface area (Å²) in [6, 6.07) is 6.60. The normalized spacial score (nSPS) is 11.6. The van der Waals surface area contributed by atoms with Gasteiger partial charge in [0, 0.05) is 57.0 Å². The zero-order valence-corrected chi connectivity index (χ0v) is 44.8. The largest absolute Gasteiger partial charge is 0.496 e. The third-order valence-corrected chi connectivity index (χ3v) is 9.54. The Hall–Kier alpha value is -5.03. The van der Waals surface area contributed by atoms with E-state index in [1.54, 1.807) is 66.2 Å². The molecule has 21 nitrogen and oxygen atoms in total. The van der Waals surface area contributed by atoms with Gasteiger partial charge in [-0.05, 0) is 74.8 Å². The number of unbranched alkanes of at least 4 members (excludes halogenated alkanes) is 1. The van der Waals surface area contributed by atoms with Crippen LogP contribution < -0.4 is 55.8 Å². The number of benzene rings is 2. The van der Waals surface area contributed by atoms with Crippen LogP contribution in [0.2, 0.25) is 0 Å². The molecule has 0 heterocycles. The Balaban J connectivity index is 0.000000733. The third kappa shape index (κ3) is 29.2. The number of nitrogens with one attached hydrogen (secondary N) is 3. The number of carbonyl (C=O) groups is 3. The van der Waals surface area contributed by atoms with E-state index in [0.29, 0.717) is 145 Å². The van der Waals surface area contributed by atoms with E-state index in [-0.39, 0.29) is 19.1 Å². The van der Waals surface area contributed by atoms with Gasteiger partial charge in [0.25, 0.3) is 0 Å². The van der Waals surface area contributed by atoms with Crippen molar-refractivity contribution < 1.29 is 71.2 Å². The fraction of sp³-hybridized carbons (Fsp3) is 0.700. The number of hydrogen-bond donors (Lipinski definition) is 5. The molecule has 7 N–H and O–H groups in total. The summed E-state index contributed by atoms with van der Waals surface area (Å²) in [7, 11) is 6.37. The molecule has 408 valence electrons. The van der Waals surface area contributed by atoms with Gasteiger partial charge in [0.05, 0.1) is 118 Å². The van der Waals surface area contributed by atoms with Crippen molar-refractivity contribution in [2.24, 2.45) is 11.5 Å². The molecule has 2 aromatic rings. The second kappa shape index (κ2) is 36.8. The standard InChI is InChI=1S/C28H50N4O8.C22H38N2O7/c1-7-39-21-18-24(35-5)22(25(19-21)36-6)20-32(26(33)23(30)10-8-9-11-29)13-15-38-17-16-37-14-12-31-27(34)40-28(2,3)4;1-7-30-17-14-19(26-5)18(20(15-17)27-6)16-23-8-10-28-12-13-29-11-9-24-21(25)31-22(2,3)4/h18-19,23H,7-17,20,29-30H2,1-6H3,(H,31,34);14-15,23H,7-13,16H2,1-6H3,(H,24,25). The van der Waals surface area contributed by atoms with Crippen LogP contribution in [-0.4, -0.2) is 167 Å². The van der Waals surface area contributed by atoms with Crippen molar-refractivity contribution in [2.75, 3.05) is 127 Å². The fourth-order valence-electron chi connectivity index (χ4n) is 6.33. The quantitative estimate of drug-likeness (QED) is 0.0557. The molecule has 0 aliphatic heterocycles. The molecule has 1 unspecified atom stereocenters. The van der Waals surface area contributed by atoms with E-state index in [1.165, 1.54) is 0 Å². The number of methoxy groups -OCH3 is 4. The van der Waals surface area contributed by atoms with Gasteiger partial charge in [0.2, 0.25) is 5.91 Å². The zero-order valence-electron chi connectivity index (χ0n) is 44.8. The van der Waals surface area contributed by atoms with Gasteiger partial charge < -0.3 is 89.2 Å². The first kappa shape index (κ1) is 64.0. The molecule has 0 saturated carbocycles. The number of nitrogens with two attached hydrogens (primary N) is 2. The Labute approximate surface area is 422 Å². The second-order valence-corrected chi connectivity index (χ2v) is 17.6. The summed E-state index contributed by atoms with van der Waals surface area (Å²) in [5.41, 5.74) is 12.4. The summed E-state index contributed by atoms with van der Waals surface area (Å²) in [6.45, 7) is 21.9. The Bertz CT molecular complexity index is 1730. The number of carbonyl (C=O) groups excluding carboxylic acids is 3. The third-order valence-electron chi connectivity index (χ3n) is 9.54. The number of amides is 3. The number of nitrogens with zero attached hydrogens (tertiary/aromatic N) is 1. The van der Waals surface area contributed by atoms with Gasteiger partial charge in [-0.25, -0.2) is 9.59 Å². The molecule has 0 aliphatic carbocycles. The highest BCUT2D eigenvalue weighted by Gasteiger charge is 2.25. The van der Waals surface area contributed by atoms with Gasteiger partial charge in [-0.15, -0.1) is 0 Å². The van der Waals surface area contributed by atoms with E-state index < -0.39 is 29.4 Å². The summed E-state index contributed by atoms with van der Waals surface area (Å²) in [5, 5.41) is 8.59. The lowest BCUT2D eigenvalue weighted by Gasteiger charge is -2.27. The molecule has 0 saturated heterocycles. The van der Waals surface area contributed by atoms with Gasteiger partial charge in [-0.2, -0.15) is 0 Å². The van der Waals surface area contributed by atoms with Crippen molar-refractivity contribution in [1.29, 1.82) is 0 Å². The highest BCUT2D eigenvalue weighted by atomic mass is 16.6. The lowest BCUT2D eigenvalue weighted by molar-refractivity contribution is -0.134. The van der Waals surface area contributed by atoms with Crippen LogP contribution in [0.5, 0.6) is 34.5 Å². The van der Waals surface area contributed by atoms with Crippen LogP contribution in [0.1, 0.15) is 85.8 Å². The number of rotatable bonds is 35. The Morgan fingerprint density at radius 3 is 1.39 bits per heavy atom. The summed E-state index contributed by atoms with van der Waals surface area (Å²) in [5.74, 6) is 3.65. The van der Waals surface area contributed by atoms with Gasteiger partial charge in [-0.3, -0.25) is 4.79 Å². The minimum absolute atomic E-state index is 0.192. The number of hydrogen-bond acceptors (Lipinski definition) is 18. The first-order valence-electron chi connectivity index (χ1n) is 24.3. The minimum Gasteiger partial charge on any atom is -0.496 e. The second-order valence-electron chi connectivity index (χ2n) is 17.6. The number of alkyl carbamates (subject to hydrolysis) is 2. The SMILES string of the molecule is CCOc1cc(OC)c(CN(CCOCCOCCNC(=O)OC(C)(C)C)C(=O)C(N)CCCCN)c(OC)c1.CCOc1cc(OC)c(CNCCOCCOCCNC(=O)OC(C)(C)C)c(OC)c1. The van der Waals surface area contributed by atoms with E-state index in [1.807, 2.05) is 46.8 Å². The predicted molar refractivity (Wildman–Crippen MR) is 271 cm³/mol. The van der Waals surface area contributed by atoms with Crippen molar-refractivity contribution in [3.63, 3.8) is 0 Å². The Morgan fingerprint density at radius 1 is 0.592 bits per heavy atom. The van der Waals surface area contributed by atoms with Crippen LogP contribution in [0.4, 0.5) is 9.59 Å². The average molecular weight is 1010 g/mol. The van der Waals surface area contributed by atoms with E-state index >= 15 is 0 Å². The summed E-state index contributed by atoms with van der Waals surface area (Å²) in [6.07, 6.45) is 1.18. The summed E-state index contributed by atoms with van der Waals surface area (Å²) < 4.78 is 65.8. The molecule has 0 bridgehead atoms. The molecule has 2 aromatic carbocycles. The Kier molecular flexibility index (Phi) is 33.2. The van der Waals surface area contributed by atoms with Gasteiger partial charge in [0.15, 0.2) is 0 Å². The summed E-state index contributed by atoms with van der Waals surface area (Å²) in [4.78, 5) is 38.1. The molecule has 21 heteroatoms. The topological polar surface area (TPSA) is 253 Å². The van der Waals surface area contributed by atoms with Crippen LogP contribution >= 0.6 is 0 Å². The van der Waals surface area contributed by atoms with Crippen LogP contribution in [0.25, 0.3) is 0 Å². The maximum absolute atomic E-state index is 13.3. The van der Waals surface area contributed by atoms with Gasteiger partial charge in [0.1, 0.15) is 45.7 Å². The van der Waals surface area contributed by atoms with E-state index in [4.69, 9.17) is 68.3 Å². The molecular weight excluding hydrogens is 925 g/mol. The van der Waals surface area contributed by atoms with Crippen LogP contribution in [0.3, 0.4) is 0 Å². The highest BCUT2D eigenvalue weighted by molar-refractivity contribution is 5.81. The van der Waals surface area contributed by atoms with Crippen LogP contribution in [0.15, 0.2) is 24.3 Å². The molecule has 2 rings (SSSR count). The average Bonchev–Trinajstić information content (AvgIpc) is 3.31. The predicted octanol–water partition coefficient (Wildman–Crippen LogP) is 5.20. The van der Waals surface area contributed by atoms with Crippen molar-refractivity contribution in [3.8, 4) is 34.5 Å². The van der Waals surface area contributed by atoms with Crippen molar-refractivity contribution in [3.05, 3.63) is 35.4 Å². The molecule has 3 amide bonds. The molecule has 1 atom stereocenters. The smallest absolute Gasteiger partial charge is 0.407 e. The van der Waals surface area contributed by atoms with Crippen LogP contribution in [0, 0.1) is 0 Å². The van der Waals surface area contributed by atoms with Gasteiger partial charge >= 0.3 is 12.2 Å². The first-order valence-corrected chi connectivity index (χ1v) is 24.3. The maximum Gasteiger partial charge on any atom is 0.407 e. The molecule has 0 aromatic heterocycles. The molecular formula is C50H88N6O15. The first-order chi connectivity index (χ1) is 33.9. The highest BCUT2D eigenvalue weighted by Crippen LogP contribution is 2.36. The minimum atomic E-state index is -0.660. The maximum atomic E-state index is 13.3. The summed E-state index contributed by atoms with van der Waals surface area (Å²) >= 11 is 0. The van der Waals surface area contributed by atoms with Gasteiger partial charge in [-0.1, -0.05) is 6.42 Å². The fourth-order valence-corrected chi connectivity index (χ4v) is 6.33. The van der Waals surface area contributed by atoms with Crippen molar-refractivity contribution >= 4 is 18.1 Å². The number of ether oxygens (including phenoxy) is 12. The van der Waals surface area contributed by atoms with E-state index in [2.05, 4.69) is 16.0 Å². The Morgan fingerprint density at radius 2 is 1.00 bits per heavy atom. The van der Waals surface area contributed by atoms with E-state index in [0.717, 1.165) is 18.4 Å². The monoisotopic (exact) mass is 1010 g/mol. The van der Waals surface area contributed by atoms with Crippen molar-refractivity contribution in [2.45, 2.75) is 105 Å². The lowest BCUT2D eigenvalue weighted by Crippen LogP contribution is -2.45. The van der Waals surface area contributed by atoms with Crippen LogP contribution in [-0.2, 0) is 46.3 Å². The molecule has 0 spiro atoms. The van der Waals surface area contributed by atoms with Crippen molar-refractivity contribution in [1.82, 2.24) is 20.9 Å². The van der Waals surface area contributed by atoms with E-state index in [9.17, 15) is 14.4 Å². The lowest BCUT2D eigenvalue weighted by atomic mass is 10.1. The molecule has 0 aliphatic rings. The molecule has 0 radical (unpaired) electrons. The molecule has 0 fully saturated rings. The molecule has 71 heavy (non-hydrogen) atoms.